The van der Waals surface area contributed by atoms with Crippen LogP contribution in [0.25, 0.3) is 143 Å². The van der Waals surface area contributed by atoms with Gasteiger partial charge in [0.25, 0.3) is 0 Å². The molecule has 0 spiro atoms. The van der Waals surface area contributed by atoms with Gasteiger partial charge in [0, 0.05) is 43.1 Å². The van der Waals surface area contributed by atoms with Crippen molar-refractivity contribution in [2.24, 2.45) is 0 Å². The highest BCUT2D eigenvalue weighted by Gasteiger charge is 2.29. The molecule has 0 atom stereocenters. The fraction of sp³-hybridized carbons (Fsp3) is 0. The lowest BCUT2D eigenvalue weighted by Crippen LogP contribution is -1.90. The molecule has 15 aromatic rings. The van der Waals surface area contributed by atoms with Crippen LogP contribution in [0.15, 0.2) is 243 Å². The Kier molecular flexibility index (Phi) is 7.81. The maximum atomic E-state index is 2.57. The summed E-state index contributed by atoms with van der Waals surface area (Å²) in [6.45, 7) is 0. The van der Waals surface area contributed by atoms with Gasteiger partial charge in [0.1, 0.15) is 0 Å². The Labute approximate surface area is 392 Å². The second-order valence-corrected chi connectivity index (χ2v) is 18.3. The number of benzene rings is 11. The molecule has 314 valence electrons. The maximum absolute atomic E-state index is 2.57. The van der Waals surface area contributed by atoms with Gasteiger partial charge in [-0.15, -0.1) is 0 Å². The van der Waals surface area contributed by atoms with Gasteiger partial charge >= 0.3 is 0 Å². The maximum Gasteiger partial charge on any atom is 0.0634 e. The van der Waals surface area contributed by atoms with E-state index >= 15 is 0 Å². The van der Waals surface area contributed by atoms with E-state index in [1.165, 1.54) is 143 Å². The van der Waals surface area contributed by atoms with E-state index in [0.717, 1.165) is 0 Å². The lowest BCUT2D eigenvalue weighted by molar-refractivity contribution is 1.37. The van der Waals surface area contributed by atoms with Gasteiger partial charge in [0.05, 0.1) is 33.1 Å². The molecule has 2 nitrogen and oxygen atoms in total. The molecule has 0 radical (unpaired) electrons. The van der Waals surface area contributed by atoms with E-state index in [9.17, 15) is 0 Å². The number of fused-ring (bicyclic) bond motifs is 14. The van der Waals surface area contributed by atoms with Crippen LogP contribution in [0.1, 0.15) is 0 Å². The van der Waals surface area contributed by atoms with Crippen molar-refractivity contribution in [1.82, 2.24) is 8.80 Å². The van der Waals surface area contributed by atoms with Gasteiger partial charge in [-0.1, -0.05) is 206 Å². The predicted octanol–water partition coefficient (Wildman–Crippen LogP) is 18.0. The standard InChI is InChI=1S/C66H40N2/c1-5-19-41(20-6-1)47-29-17-31-49(59(47)43-23-9-3-10-24-43)45-35-37-57-53(39-45)63-61-51-27-13-16-34-56(51)68-58-38-36-46(40-54(58)64(66(61)68)62-52-28-14-15-33-55(52)67(57)65(62)63)50-32-18-30-48(42-21-7-2-8-22-42)60(50)44-25-11-4-12-26-44/h1-40H. The van der Waals surface area contributed by atoms with Crippen molar-refractivity contribution in [3.8, 4) is 66.8 Å². The SMILES string of the molecule is c1ccc(-c2cccc(-c3ccc4c(c3)c3c5c6ccccc6n6c7ccc(-c8cccc(-c9ccccc9)c8-c8ccccc8)cc7c(c7c8ccccc8n4c73)c56)c2-c2ccccc2)cc1. The van der Waals surface area contributed by atoms with Crippen LogP contribution in [0.4, 0.5) is 0 Å². The Morgan fingerprint density at radius 1 is 0.206 bits per heavy atom. The van der Waals surface area contributed by atoms with E-state index in [1.807, 2.05) is 0 Å². The van der Waals surface area contributed by atoms with Crippen LogP contribution in [-0.2, 0) is 0 Å². The van der Waals surface area contributed by atoms with Gasteiger partial charge in [-0.3, -0.25) is 0 Å². The highest BCUT2D eigenvalue weighted by atomic mass is 14.9. The van der Waals surface area contributed by atoms with E-state index in [0.29, 0.717) is 0 Å². The molecule has 0 fully saturated rings. The third-order valence-corrected chi connectivity index (χ3v) is 14.8. The highest BCUT2D eigenvalue weighted by Crippen LogP contribution is 2.53. The van der Waals surface area contributed by atoms with Gasteiger partial charge < -0.3 is 8.80 Å². The van der Waals surface area contributed by atoms with Crippen molar-refractivity contribution >= 4 is 76.2 Å². The fourth-order valence-electron chi connectivity index (χ4n) is 12.1. The van der Waals surface area contributed by atoms with Crippen LogP contribution in [0.2, 0.25) is 0 Å². The summed E-state index contributed by atoms with van der Waals surface area (Å²) in [5, 5.41) is 10.4. The number of para-hydroxylation sites is 2. The van der Waals surface area contributed by atoms with Crippen LogP contribution >= 0.6 is 0 Å². The summed E-state index contributed by atoms with van der Waals surface area (Å²) in [7, 11) is 0. The predicted molar refractivity (Wildman–Crippen MR) is 288 cm³/mol. The zero-order valence-corrected chi connectivity index (χ0v) is 37.0. The summed E-state index contributed by atoms with van der Waals surface area (Å²) in [4.78, 5) is 0. The third-order valence-electron chi connectivity index (χ3n) is 14.8. The largest absolute Gasteiger partial charge is 0.308 e. The number of rotatable bonds is 6. The third kappa shape index (κ3) is 5.12. The molecule has 0 N–H and O–H groups in total. The van der Waals surface area contributed by atoms with Gasteiger partial charge in [-0.2, -0.15) is 0 Å². The first-order valence-electron chi connectivity index (χ1n) is 23.6. The first kappa shape index (κ1) is 37.3. The Bertz CT molecular complexity index is 4160. The van der Waals surface area contributed by atoms with Gasteiger partial charge in [0.15, 0.2) is 0 Å². The zero-order valence-electron chi connectivity index (χ0n) is 37.0. The lowest BCUT2D eigenvalue weighted by Gasteiger charge is -2.16. The van der Waals surface area contributed by atoms with Gasteiger partial charge in [-0.25, -0.2) is 0 Å². The molecule has 68 heavy (non-hydrogen) atoms. The Balaban J connectivity index is 1.07. The molecular formula is C66H40N2. The molecule has 15 rings (SSSR count). The second-order valence-electron chi connectivity index (χ2n) is 18.3. The van der Waals surface area contributed by atoms with Crippen molar-refractivity contribution in [1.29, 1.82) is 0 Å². The normalized spacial score (nSPS) is 12.1. The minimum Gasteiger partial charge on any atom is -0.308 e. The minimum absolute atomic E-state index is 1.21. The first-order chi connectivity index (χ1) is 33.8. The van der Waals surface area contributed by atoms with E-state index in [1.54, 1.807) is 0 Å². The molecule has 0 saturated heterocycles. The molecule has 0 aliphatic rings. The highest BCUT2D eigenvalue weighted by molar-refractivity contribution is 6.45. The fourth-order valence-corrected chi connectivity index (χ4v) is 12.1. The molecule has 4 aromatic heterocycles. The quantitative estimate of drug-likeness (QED) is 0.157. The minimum atomic E-state index is 1.21. The zero-order chi connectivity index (χ0) is 44.5. The van der Waals surface area contributed by atoms with Crippen LogP contribution in [0, 0.1) is 0 Å². The first-order valence-corrected chi connectivity index (χ1v) is 23.6. The van der Waals surface area contributed by atoms with Crippen LogP contribution < -0.4 is 0 Å². The van der Waals surface area contributed by atoms with E-state index < -0.39 is 0 Å². The van der Waals surface area contributed by atoms with Gasteiger partial charge in [-0.05, 0) is 103 Å². The topological polar surface area (TPSA) is 8.82 Å². The summed E-state index contributed by atoms with van der Waals surface area (Å²) in [6, 6.07) is 89.6. The Morgan fingerprint density at radius 2 is 0.515 bits per heavy atom. The van der Waals surface area contributed by atoms with Crippen molar-refractivity contribution in [2.45, 2.75) is 0 Å². The molecule has 0 unspecified atom stereocenters. The Morgan fingerprint density at radius 3 is 0.912 bits per heavy atom. The smallest absolute Gasteiger partial charge is 0.0634 e. The molecule has 0 bridgehead atoms. The average molecular weight is 861 g/mol. The van der Waals surface area contributed by atoms with Crippen molar-refractivity contribution in [2.75, 3.05) is 0 Å². The molecular weight excluding hydrogens is 821 g/mol. The molecule has 0 aliphatic carbocycles. The van der Waals surface area contributed by atoms with Crippen LogP contribution in [0.3, 0.4) is 0 Å². The number of hydrogen-bond acceptors (Lipinski definition) is 0. The summed E-state index contributed by atoms with van der Waals surface area (Å²) >= 11 is 0. The van der Waals surface area contributed by atoms with E-state index in [4.69, 9.17) is 0 Å². The number of nitrogens with zero attached hydrogens (tertiary/aromatic N) is 2. The number of hydrogen-bond donors (Lipinski definition) is 0. The Hall–Kier alpha value is -8.98. The summed E-state index contributed by atoms with van der Waals surface area (Å²) in [5.41, 5.74) is 22.2. The van der Waals surface area contributed by atoms with Crippen LogP contribution in [-0.4, -0.2) is 8.80 Å². The molecule has 0 aliphatic heterocycles. The summed E-state index contributed by atoms with van der Waals surface area (Å²) in [6.07, 6.45) is 0. The van der Waals surface area contributed by atoms with Crippen molar-refractivity contribution in [3.05, 3.63) is 243 Å². The van der Waals surface area contributed by atoms with Crippen molar-refractivity contribution in [3.63, 3.8) is 0 Å². The van der Waals surface area contributed by atoms with Crippen molar-refractivity contribution < 1.29 is 0 Å². The second kappa shape index (κ2) is 14.3. The molecule has 4 heterocycles. The number of aromatic nitrogens is 2. The van der Waals surface area contributed by atoms with Crippen LogP contribution in [0.5, 0.6) is 0 Å². The molecule has 0 amide bonds. The summed E-state index contributed by atoms with van der Waals surface area (Å²) in [5.74, 6) is 0. The summed E-state index contributed by atoms with van der Waals surface area (Å²) < 4.78 is 5.14. The van der Waals surface area contributed by atoms with E-state index in [2.05, 4.69) is 251 Å². The molecule has 11 aromatic carbocycles. The van der Waals surface area contributed by atoms with E-state index in [-0.39, 0.29) is 0 Å². The molecule has 0 saturated carbocycles. The monoisotopic (exact) mass is 860 g/mol. The average Bonchev–Trinajstić information content (AvgIpc) is 4.15. The van der Waals surface area contributed by atoms with Gasteiger partial charge in [0.2, 0.25) is 0 Å². The molecule has 2 heteroatoms. The lowest BCUT2D eigenvalue weighted by atomic mass is 9.87.